The number of hydrogen-bond donors (Lipinski definition) is 0. The topological polar surface area (TPSA) is 57.7 Å². The number of carbonyl (C=O) groups is 1. The Hall–Kier alpha value is -1.86. The molecule has 8 heteroatoms. The van der Waals surface area contributed by atoms with E-state index < -0.39 is 15.4 Å². The molecule has 0 aromatic heterocycles. The summed E-state index contributed by atoms with van der Waals surface area (Å²) in [7, 11) is -3.43. The Labute approximate surface area is 244 Å². The van der Waals surface area contributed by atoms with Crippen LogP contribution in [0.1, 0.15) is 82.4 Å². The first-order valence-corrected chi connectivity index (χ1v) is 16.2. The highest BCUT2D eigenvalue weighted by atomic mass is 35.5. The van der Waals surface area contributed by atoms with Crippen LogP contribution in [0.25, 0.3) is 0 Å². The van der Waals surface area contributed by atoms with Gasteiger partial charge in [0.25, 0.3) is 0 Å². The quantitative estimate of drug-likeness (QED) is 0.253. The summed E-state index contributed by atoms with van der Waals surface area (Å²) >= 11 is 12.7. The van der Waals surface area contributed by atoms with E-state index in [2.05, 4.69) is 12.6 Å². The number of carbonyl (C=O) groups excluding carboxylic acids is 1. The van der Waals surface area contributed by atoms with Crippen LogP contribution in [0.5, 0.6) is 0 Å². The van der Waals surface area contributed by atoms with E-state index in [1.165, 1.54) is 0 Å². The molecule has 1 aliphatic carbocycles. The number of hydrogen-bond acceptors (Lipinski definition) is 3. The molecule has 212 valence electrons. The van der Waals surface area contributed by atoms with Crippen molar-refractivity contribution in [2.75, 3.05) is 13.1 Å². The molecule has 4 rings (SSSR count). The van der Waals surface area contributed by atoms with Crippen LogP contribution >= 0.6 is 23.2 Å². The number of sulfonamides is 1. The van der Waals surface area contributed by atoms with Gasteiger partial charge in [0.2, 0.25) is 15.9 Å². The van der Waals surface area contributed by atoms with Crippen molar-refractivity contribution in [3.63, 3.8) is 0 Å². The molecule has 2 fully saturated rings. The predicted molar refractivity (Wildman–Crippen MR) is 161 cm³/mol. The third-order valence-corrected chi connectivity index (χ3v) is 11.6. The van der Waals surface area contributed by atoms with Crippen molar-refractivity contribution < 1.29 is 13.2 Å². The molecular formula is C31H40Cl2N2O3S. The molecule has 1 amide bonds. The number of nitrogens with zero attached hydrogens (tertiary/aromatic N) is 2. The summed E-state index contributed by atoms with van der Waals surface area (Å²) in [6.07, 6.45) is 5.95. The summed E-state index contributed by atoms with van der Waals surface area (Å²) in [5.74, 6) is -0.0236. The standard InChI is InChI=1S/C31H40Cl2N2O3S/c1-5-18-31(4)20-28(23-10-8-11-25(33)19-23)29(22-14-16-24(32)17-15-22)35(30(31)36)26(6-2)21-34(7-3)39(37,38)27-12-9-13-27/h5,8,10-11,14-17,19,26-29H,1,6-7,9,12-13,18,20-21H2,2-4H3/t26-,28?,29+,31-/m0/s1. The van der Waals surface area contributed by atoms with E-state index in [-0.39, 0.29) is 35.7 Å². The van der Waals surface area contributed by atoms with E-state index in [1.54, 1.807) is 4.31 Å². The van der Waals surface area contributed by atoms with Crippen LogP contribution < -0.4 is 0 Å². The first-order chi connectivity index (χ1) is 18.6. The average molecular weight is 592 g/mol. The van der Waals surface area contributed by atoms with Crippen LogP contribution in [-0.4, -0.2) is 47.9 Å². The van der Waals surface area contributed by atoms with Crippen molar-refractivity contribution in [1.82, 2.24) is 9.21 Å². The Morgan fingerprint density at radius 3 is 2.33 bits per heavy atom. The van der Waals surface area contributed by atoms with Crippen molar-refractivity contribution in [2.24, 2.45) is 5.41 Å². The van der Waals surface area contributed by atoms with Gasteiger partial charge in [-0.25, -0.2) is 8.42 Å². The van der Waals surface area contributed by atoms with Crippen molar-refractivity contribution >= 4 is 39.1 Å². The van der Waals surface area contributed by atoms with E-state index in [0.717, 1.165) is 17.5 Å². The monoisotopic (exact) mass is 590 g/mol. The van der Waals surface area contributed by atoms with Gasteiger partial charge < -0.3 is 4.90 Å². The lowest BCUT2D eigenvalue weighted by atomic mass is 9.67. The van der Waals surface area contributed by atoms with E-state index in [9.17, 15) is 13.2 Å². The number of amides is 1. The maximum absolute atomic E-state index is 14.5. The Bertz CT molecular complexity index is 1280. The van der Waals surface area contributed by atoms with Crippen molar-refractivity contribution in [2.45, 2.75) is 82.5 Å². The first-order valence-electron chi connectivity index (χ1n) is 14.0. The number of benzene rings is 2. The van der Waals surface area contributed by atoms with Gasteiger partial charge in [0.1, 0.15) is 0 Å². The van der Waals surface area contributed by atoms with E-state index in [0.29, 0.717) is 48.7 Å². The molecular weight excluding hydrogens is 551 g/mol. The summed E-state index contributed by atoms with van der Waals surface area (Å²) in [6, 6.07) is 14.9. The minimum atomic E-state index is -3.43. The summed E-state index contributed by atoms with van der Waals surface area (Å²) in [5, 5.41) is 0.954. The van der Waals surface area contributed by atoms with Crippen molar-refractivity contribution in [3.05, 3.63) is 82.4 Å². The SMILES string of the molecule is C=CC[C@@]1(C)CC(c2cccc(Cl)c2)[C@@H](c2ccc(Cl)cc2)N([C@@H](CC)CN(CC)S(=O)(=O)C2CCC2)C1=O. The molecule has 1 saturated heterocycles. The molecule has 1 heterocycles. The van der Waals surface area contributed by atoms with Gasteiger partial charge in [0.05, 0.1) is 16.7 Å². The number of likely N-dealkylation sites (N-methyl/N-ethyl adjacent to an activating group) is 1. The second-order valence-corrected chi connectivity index (χ2v) is 14.3. The molecule has 2 aromatic carbocycles. The summed E-state index contributed by atoms with van der Waals surface area (Å²) < 4.78 is 28.6. The summed E-state index contributed by atoms with van der Waals surface area (Å²) in [4.78, 5) is 16.5. The van der Waals surface area contributed by atoms with Crippen LogP contribution in [0.4, 0.5) is 0 Å². The first kappa shape index (κ1) is 30.1. The molecule has 1 saturated carbocycles. The van der Waals surface area contributed by atoms with E-state index in [4.69, 9.17) is 23.2 Å². The zero-order valence-electron chi connectivity index (χ0n) is 23.2. The molecule has 39 heavy (non-hydrogen) atoms. The highest BCUT2D eigenvalue weighted by Gasteiger charge is 2.51. The minimum absolute atomic E-state index is 0.0320. The maximum atomic E-state index is 14.5. The lowest BCUT2D eigenvalue weighted by Gasteiger charge is -2.52. The van der Waals surface area contributed by atoms with Crippen molar-refractivity contribution in [3.8, 4) is 0 Å². The van der Waals surface area contributed by atoms with Gasteiger partial charge in [-0.2, -0.15) is 4.31 Å². The fourth-order valence-electron chi connectivity index (χ4n) is 6.23. The largest absolute Gasteiger partial charge is 0.330 e. The van der Waals surface area contributed by atoms with Crippen LogP contribution in [0.15, 0.2) is 61.2 Å². The van der Waals surface area contributed by atoms with Gasteiger partial charge in [0, 0.05) is 35.1 Å². The molecule has 1 aliphatic heterocycles. The number of piperidine rings is 1. The summed E-state index contributed by atoms with van der Waals surface area (Å²) in [5.41, 5.74) is 1.34. The van der Waals surface area contributed by atoms with Crippen LogP contribution in [0.3, 0.4) is 0 Å². The molecule has 1 unspecified atom stereocenters. The third kappa shape index (κ3) is 6.09. The highest BCUT2D eigenvalue weighted by Crippen LogP contribution is 2.52. The highest BCUT2D eigenvalue weighted by molar-refractivity contribution is 7.89. The lowest BCUT2D eigenvalue weighted by molar-refractivity contribution is -0.154. The molecule has 5 nitrogen and oxygen atoms in total. The van der Waals surface area contributed by atoms with Gasteiger partial charge >= 0.3 is 0 Å². The Balaban J connectivity index is 1.85. The Morgan fingerprint density at radius 2 is 1.79 bits per heavy atom. The smallest absolute Gasteiger partial charge is 0.229 e. The minimum Gasteiger partial charge on any atom is -0.330 e. The van der Waals surface area contributed by atoms with Crippen LogP contribution in [-0.2, 0) is 14.8 Å². The fourth-order valence-corrected chi connectivity index (χ4v) is 8.64. The van der Waals surface area contributed by atoms with E-state index >= 15 is 0 Å². The van der Waals surface area contributed by atoms with Gasteiger partial charge in [0.15, 0.2) is 0 Å². The van der Waals surface area contributed by atoms with Gasteiger partial charge in [-0.1, -0.05) is 80.7 Å². The molecule has 2 aliphatic rings. The Kier molecular flexibility index (Phi) is 9.52. The molecule has 2 aromatic rings. The third-order valence-electron chi connectivity index (χ3n) is 8.65. The number of allylic oxidation sites excluding steroid dienone is 1. The van der Waals surface area contributed by atoms with E-state index in [1.807, 2.05) is 74.2 Å². The number of likely N-dealkylation sites (tertiary alicyclic amines) is 1. The fraction of sp³-hybridized carbons (Fsp3) is 0.516. The van der Waals surface area contributed by atoms with Crippen LogP contribution in [0.2, 0.25) is 10.0 Å². The summed E-state index contributed by atoms with van der Waals surface area (Å²) in [6.45, 7) is 10.5. The molecule has 0 bridgehead atoms. The van der Waals surface area contributed by atoms with Gasteiger partial charge in [-0.05, 0) is 67.5 Å². The molecule has 0 N–H and O–H groups in total. The van der Waals surface area contributed by atoms with Crippen molar-refractivity contribution in [1.29, 1.82) is 0 Å². The molecule has 0 spiro atoms. The number of halogens is 2. The second kappa shape index (κ2) is 12.3. The van der Waals surface area contributed by atoms with Gasteiger partial charge in [-0.15, -0.1) is 6.58 Å². The molecule has 4 atom stereocenters. The lowest BCUT2D eigenvalue weighted by Crippen LogP contribution is -2.58. The van der Waals surface area contributed by atoms with Gasteiger partial charge in [-0.3, -0.25) is 4.79 Å². The predicted octanol–water partition coefficient (Wildman–Crippen LogP) is 7.62. The zero-order chi connectivity index (χ0) is 28.4. The average Bonchev–Trinajstić information content (AvgIpc) is 2.86. The maximum Gasteiger partial charge on any atom is 0.229 e. The Morgan fingerprint density at radius 1 is 1.10 bits per heavy atom. The second-order valence-electron chi connectivity index (χ2n) is 11.2. The normalized spacial score (nSPS) is 25.0. The zero-order valence-corrected chi connectivity index (χ0v) is 25.5. The van der Waals surface area contributed by atoms with Crippen LogP contribution in [0, 0.1) is 5.41 Å². The number of rotatable bonds is 11. The molecule has 0 radical (unpaired) electrons.